The average molecular weight is 268 g/mol. The van der Waals surface area contributed by atoms with Crippen molar-refractivity contribution in [1.29, 1.82) is 0 Å². The summed E-state index contributed by atoms with van der Waals surface area (Å²) < 4.78 is 0. The van der Waals surface area contributed by atoms with E-state index in [4.69, 9.17) is 5.11 Å². The molecule has 1 aromatic heterocycles. The van der Waals surface area contributed by atoms with Gasteiger partial charge in [-0.1, -0.05) is 24.3 Å². The molecule has 0 saturated heterocycles. The summed E-state index contributed by atoms with van der Waals surface area (Å²) in [5.74, 6) is -0.950. The molecule has 5 heteroatoms. The Balaban J connectivity index is 2.12. The van der Waals surface area contributed by atoms with Crippen LogP contribution in [0.25, 0.3) is 6.08 Å². The normalized spacial score (nSPS) is 10.4. The van der Waals surface area contributed by atoms with E-state index in [-0.39, 0.29) is 5.91 Å². The van der Waals surface area contributed by atoms with Crippen LogP contribution in [0, 0.1) is 0 Å². The standard InChI is InChI=1S/C15H12N2O3/c18-14(19)10-9-12-7-4-8-13(16-12)17-15(20)11-5-2-1-3-6-11/h1-10H,(H,18,19)(H,16,17,20). The molecule has 0 saturated carbocycles. The van der Waals surface area contributed by atoms with E-state index in [1.165, 1.54) is 6.08 Å². The first-order valence-corrected chi connectivity index (χ1v) is 5.89. The van der Waals surface area contributed by atoms with Crippen molar-refractivity contribution in [2.45, 2.75) is 0 Å². The Bertz CT molecular complexity index is 651. The average Bonchev–Trinajstić information content (AvgIpc) is 2.46. The molecule has 1 aromatic carbocycles. The lowest BCUT2D eigenvalue weighted by atomic mass is 10.2. The number of carboxylic acids is 1. The topological polar surface area (TPSA) is 79.3 Å². The molecule has 0 unspecified atom stereocenters. The number of carbonyl (C=O) groups excluding carboxylic acids is 1. The molecule has 0 aliphatic carbocycles. The maximum absolute atomic E-state index is 11.9. The Hall–Kier alpha value is -2.95. The third-order valence-electron chi connectivity index (χ3n) is 2.44. The van der Waals surface area contributed by atoms with Crippen molar-refractivity contribution in [3.8, 4) is 0 Å². The number of carboxylic acid groups (broad SMARTS) is 1. The van der Waals surface area contributed by atoms with Gasteiger partial charge in [-0.05, 0) is 30.3 Å². The highest BCUT2D eigenvalue weighted by atomic mass is 16.4. The summed E-state index contributed by atoms with van der Waals surface area (Å²) in [5.41, 5.74) is 0.985. The molecule has 0 bridgehead atoms. The molecule has 0 aliphatic rings. The van der Waals surface area contributed by atoms with Crippen molar-refractivity contribution in [1.82, 2.24) is 4.98 Å². The monoisotopic (exact) mass is 268 g/mol. The second-order valence-electron chi connectivity index (χ2n) is 3.94. The second kappa shape index (κ2) is 6.29. The third kappa shape index (κ3) is 3.78. The van der Waals surface area contributed by atoms with E-state index in [0.29, 0.717) is 17.1 Å². The van der Waals surface area contributed by atoms with E-state index in [0.717, 1.165) is 6.08 Å². The van der Waals surface area contributed by atoms with Gasteiger partial charge in [0.2, 0.25) is 0 Å². The molecular weight excluding hydrogens is 256 g/mol. The lowest BCUT2D eigenvalue weighted by molar-refractivity contribution is -0.131. The number of aliphatic carboxylic acids is 1. The number of benzene rings is 1. The Kier molecular flexibility index (Phi) is 4.24. The number of aromatic nitrogens is 1. The van der Waals surface area contributed by atoms with Crippen LogP contribution in [0.15, 0.2) is 54.6 Å². The first-order valence-electron chi connectivity index (χ1n) is 5.89. The van der Waals surface area contributed by atoms with Gasteiger partial charge in [-0.25, -0.2) is 9.78 Å². The number of nitrogens with one attached hydrogen (secondary N) is 1. The van der Waals surface area contributed by atoms with Crippen molar-refractivity contribution in [2.24, 2.45) is 0 Å². The van der Waals surface area contributed by atoms with Gasteiger partial charge in [0.05, 0.1) is 5.69 Å². The van der Waals surface area contributed by atoms with Gasteiger partial charge < -0.3 is 10.4 Å². The highest BCUT2D eigenvalue weighted by Gasteiger charge is 2.05. The number of pyridine rings is 1. The first-order chi connectivity index (χ1) is 9.65. The molecular formula is C15H12N2O3. The number of hydrogen-bond acceptors (Lipinski definition) is 3. The van der Waals surface area contributed by atoms with Gasteiger partial charge in [0, 0.05) is 11.6 Å². The van der Waals surface area contributed by atoms with Gasteiger partial charge in [0.25, 0.3) is 5.91 Å². The van der Waals surface area contributed by atoms with E-state index < -0.39 is 5.97 Å². The first kappa shape index (κ1) is 13.5. The predicted molar refractivity (Wildman–Crippen MR) is 75.3 cm³/mol. The van der Waals surface area contributed by atoms with Crippen LogP contribution in [0.4, 0.5) is 5.82 Å². The number of carbonyl (C=O) groups is 2. The molecule has 1 heterocycles. The van der Waals surface area contributed by atoms with Crippen LogP contribution in [-0.4, -0.2) is 22.0 Å². The maximum Gasteiger partial charge on any atom is 0.328 e. The molecule has 2 aromatic rings. The minimum Gasteiger partial charge on any atom is -0.478 e. The molecule has 0 spiro atoms. The summed E-state index contributed by atoms with van der Waals surface area (Å²) in [6, 6.07) is 13.7. The summed E-state index contributed by atoms with van der Waals surface area (Å²) in [4.78, 5) is 26.5. The fourth-order valence-electron chi connectivity index (χ4n) is 1.55. The van der Waals surface area contributed by atoms with E-state index in [1.54, 1.807) is 42.5 Å². The summed E-state index contributed by atoms with van der Waals surface area (Å²) in [7, 11) is 0. The van der Waals surface area contributed by atoms with Crippen molar-refractivity contribution < 1.29 is 14.7 Å². The van der Waals surface area contributed by atoms with Gasteiger partial charge in [-0.3, -0.25) is 4.79 Å². The SMILES string of the molecule is O=C(O)C=Cc1cccc(NC(=O)c2ccccc2)n1. The number of amides is 1. The molecule has 1 amide bonds. The molecule has 20 heavy (non-hydrogen) atoms. The van der Waals surface area contributed by atoms with Crippen LogP contribution >= 0.6 is 0 Å². The largest absolute Gasteiger partial charge is 0.478 e. The van der Waals surface area contributed by atoms with Gasteiger partial charge in [0.1, 0.15) is 5.82 Å². The zero-order valence-electron chi connectivity index (χ0n) is 10.5. The summed E-state index contributed by atoms with van der Waals surface area (Å²) in [5, 5.41) is 11.2. The number of hydrogen-bond donors (Lipinski definition) is 2. The van der Waals surface area contributed by atoms with Crippen LogP contribution in [0.2, 0.25) is 0 Å². The van der Waals surface area contributed by atoms with Crippen molar-refractivity contribution >= 4 is 23.8 Å². The number of rotatable bonds is 4. The van der Waals surface area contributed by atoms with Gasteiger partial charge >= 0.3 is 5.97 Å². The molecule has 5 nitrogen and oxygen atoms in total. The van der Waals surface area contributed by atoms with Gasteiger partial charge in [0.15, 0.2) is 0 Å². The van der Waals surface area contributed by atoms with Crippen LogP contribution in [-0.2, 0) is 4.79 Å². The highest BCUT2D eigenvalue weighted by molar-refractivity contribution is 6.03. The quantitative estimate of drug-likeness (QED) is 0.835. The molecule has 2 rings (SSSR count). The van der Waals surface area contributed by atoms with E-state index in [1.807, 2.05) is 6.07 Å². The smallest absolute Gasteiger partial charge is 0.328 e. The Morgan fingerprint density at radius 3 is 2.50 bits per heavy atom. The summed E-state index contributed by atoms with van der Waals surface area (Å²) in [6.45, 7) is 0. The minimum absolute atomic E-state index is 0.266. The second-order valence-corrected chi connectivity index (χ2v) is 3.94. The molecule has 100 valence electrons. The highest BCUT2D eigenvalue weighted by Crippen LogP contribution is 2.08. The molecule has 0 radical (unpaired) electrons. The van der Waals surface area contributed by atoms with Gasteiger partial charge in [-0.2, -0.15) is 0 Å². The van der Waals surface area contributed by atoms with Crippen LogP contribution in [0.3, 0.4) is 0 Å². The zero-order valence-corrected chi connectivity index (χ0v) is 10.5. The summed E-state index contributed by atoms with van der Waals surface area (Å²) in [6.07, 6.45) is 2.35. The van der Waals surface area contributed by atoms with Crippen molar-refractivity contribution in [3.05, 3.63) is 65.9 Å². The van der Waals surface area contributed by atoms with Crippen molar-refractivity contribution in [3.63, 3.8) is 0 Å². The molecule has 2 N–H and O–H groups in total. The van der Waals surface area contributed by atoms with Gasteiger partial charge in [-0.15, -0.1) is 0 Å². The van der Waals surface area contributed by atoms with E-state index in [9.17, 15) is 9.59 Å². The van der Waals surface area contributed by atoms with E-state index >= 15 is 0 Å². The zero-order chi connectivity index (χ0) is 14.4. The van der Waals surface area contributed by atoms with E-state index in [2.05, 4.69) is 10.3 Å². The maximum atomic E-state index is 11.9. The molecule has 0 aliphatic heterocycles. The lowest BCUT2D eigenvalue weighted by Crippen LogP contribution is -2.12. The fraction of sp³-hybridized carbons (Fsp3) is 0. The predicted octanol–water partition coefficient (Wildman–Crippen LogP) is 2.43. The molecule has 0 fully saturated rings. The Morgan fingerprint density at radius 1 is 1.05 bits per heavy atom. The molecule has 0 atom stereocenters. The number of nitrogens with zero attached hydrogens (tertiary/aromatic N) is 1. The van der Waals surface area contributed by atoms with Crippen LogP contribution in [0.1, 0.15) is 16.1 Å². The summed E-state index contributed by atoms with van der Waals surface area (Å²) >= 11 is 0. The van der Waals surface area contributed by atoms with Crippen molar-refractivity contribution in [2.75, 3.05) is 5.32 Å². The lowest BCUT2D eigenvalue weighted by Gasteiger charge is -2.04. The Labute approximate surface area is 115 Å². The minimum atomic E-state index is -1.05. The van der Waals surface area contributed by atoms with Crippen LogP contribution in [0.5, 0.6) is 0 Å². The third-order valence-corrected chi connectivity index (χ3v) is 2.44. The Morgan fingerprint density at radius 2 is 1.80 bits per heavy atom. The fourth-order valence-corrected chi connectivity index (χ4v) is 1.55. The number of anilines is 1. The van der Waals surface area contributed by atoms with Crippen LogP contribution < -0.4 is 5.32 Å².